The molecular formula is C26H50N8O8. The minimum Gasteiger partial charge on any atom is -0.475 e. The van der Waals surface area contributed by atoms with Gasteiger partial charge >= 0.3 is 5.97 Å². The molecule has 0 aliphatic rings. The van der Waals surface area contributed by atoms with Crippen LogP contribution in [0.25, 0.3) is 0 Å². The highest BCUT2D eigenvalue weighted by Crippen LogP contribution is 2.07. The van der Waals surface area contributed by atoms with Crippen molar-refractivity contribution in [2.24, 2.45) is 23.2 Å². The number of unbranched alkanes of at least 4 members (excludes halogenated alkanes) is 2. The van der Waals surface area contributed by atoms with Gasteiger partial charge in [0.2, 0.25) is 17.7 Å². The number of ketones is 2. The number of carbonyl (C=O) groups is 6. The molecule has 0 aromatic carbocycles. The highest BCUT2D eigenvalue weighted by atomic mass is 16.4. The first-order valence-electron chi connectivity index (χ1n) is 14.2. The molecule has 0 unspecified atom stereocenters. The summed E-state index contributed by atoms with van der Waals surface area (Å²) in [5.74, 6) is -0.323. The highest BCUT2D eigenvalue weighted by Gasteiger charge is 2.33. The summed E-state index contributed by atoms with van der Waals surface area (Å²) in [5, 5.41) is 29.1. The van der Waals surface area contributed by atoms with Crippen LogP contribution in [0.3, 0.4) is 0 Å². The fraction of sp³-hybridized carbons (Fsp3) is 0.769. The van der Waals surface area contributed by atoms with Gasteiger partial charge in [0.15, 0.2) is 5.78 Å². The molecule has 0 radical (unpaired) electrons. The number of aliphatic hydroxyl groups is 1. The van der Waals surface area contributed by atoms with Crippen LogP contribution in [0, 0.1) is 5.92 Å². The Balaban J connectivity index is 5.34. The maximum Gasteiger partial charge on any atom is 0.374 e. The number of carboxylic acid groups (broad SMARTS) is 1. The summed E-state index contributed by atoms with van der Waals surface area (Å²) in [6, 6.07) is -5.38. The molecule has 16 heteroatoms. The Morgan fingerprint density at radius 2 is 1.21 bits per heavy atom. The third-order valence-electron chi connectivity index (χ3n) is 6.61. The number of hydrogen-bond acceptors (Lipinski definition) is 12. The van der Waals surface area contributed by atoms with Crippen molar-refractivity contribution in [1.29, 1.82) is 0 Å². The molecule has 3 amide bonds. The molecule has 42 heavy (non-hydrogen) atoms. The van der Waals surface area contributed by atoms with Gasteiger partial charge in [-0.15, -0.1) is 0 Å². The number of carboxylic acids is 1. The molecule has 0 aliphatic heterocycles. The Labute approximate surface area is 246 Å². The van der Waals surface area contributed by atoms with Gasteiger partial charge in [0.1, 0.15) is 12.1 Å². The lowest BCUT2D eigenvalue weighted by atomic mass is 10.0. The number of hydrazine groups is 1. The second-order valence-electron chi connectivity index (χ2n) is 10.5. The van der Waals surface area contributed by atoms with E-state index in [4.69, 9.17) is 22.4 Å². The van der Waals surface area contributed by atoms with E-state index in [0.29, 0.717) is 45.2 Å². The average molecular weight is 603 g/mol. The summed E-state index contributed by atoms with van der Waals surface area (Å²) in [7, 11) is 0. The van der Waals surface area contributed by atoms with Gasteiger partial charge in [-0.3, -0.25) is 35.1 Å². The lowest BCUT2D eigenvalue weighted by Crippen LogP contribution is -2.58. The molecule has 0 aliphatic carbocycles. The summed E-state index contributed by atoms with van der Waals surface area (Å²) in [6.45, 7) is 6.56. The number of hydrogen-bond donors (Lipinski definition) is 10. The molecule has 0 aromatic heterocycles. The molecule has 0 heterocycles. The van der Waals surface area contributed by atoms with Crippen LogP contribution in [-0.4, -0.2) is 101 Å². The number of Topliss-reactive ketones (excluding diaryl/α,β-unsaturated/α-hetero) is 2. The Kier molecular flexibility index (Phi) is 19.3. The van der Waals surface area contributed by atoms with Gasteiger partial charge < -0.3 is 37.6 Å². The van der Waals surface area contributed by atoms with Crippen LogP contribution >= 0.6 is 0 Å². The van der Waals surface area contributed by atoms with Crippen LogP contribution in [-0.2, 0) is 28.8 Å². The quantitative estimate of drug-likeness (QED) is 0.0238. The molecule has 0 fully saturated rings. The normalized spacial score (nSPS) is 15.5. The number of amides is 3. The predicted octanol–water partition coefficient (Wildman–Crippen LogP) is -3.23. The van der Waals surface area contributed by atoms with Gasteiger partial charge in [-0.2, -0.15) is 0 Å². The number of nitrogens with two attached hydrogens (primary N) is 3. The van der Waals surface area contributed by atoms with Crippen LogP contribution in [0.5, 0.6) is 0 Å². The van der Waals surface area contributed by atoms with Gasteiger partial charge in [0, 0.05) is 0 Å². The van der Waals surface area contributed by atoms with Crippen LogP contribution in [0.15, 0.2) is 0 Å². The van der Waals surface area contributed by atoms with E-state index in [2.05, 4.69) is 26.7 Å². The summed E-state index contributed by atoms with van der Waals surface area (Å²) in [6.07, 6.45) is 1.57. The summed E-state index contributed by atoms with van der Waals surface area (Å²) in [4.78, 5) is 74.4. The largest absolute Gasteiger partial charge is 0.475 e. The summed E-state index contributed by atoms with van der Waals surface area (Å²) in [5.41, 5.74) is 13.5. The standard InChI is InChI=1S/C26H50N8O8/c1-14(2)20(32-24(39)18(34-29)10-6-8-12-28)25(40)31-15(3)19(36)13-30-17(9-5-7-11-27)23(38)33-21(16(4)35)22(37)26(41)42/h14-18,20-21,30,34-35H,5-13,27-29H2,1-4H3,(H,31,40)(H,32,39)(H,33,38)(H,41,42)/t15-,16+,17-,18-,20-,21-/m0/s1. The van der Waals surface area contributed by atoms with E-state index in [1.807, 2.05) is 0 Å². The molecule has 0 aromatic rings. The lowest BCUT2D eigenvalue weighted by Gasteiger charge is -2.26. The fourth-order valence-electron chi connectivity index (χ4n) is 3.94. The van der Waals surface area contributed by atoms with E-state index in [0.717, 1.165) is 6.92 Å². The molecule has 0 saturated carbocycles. The number of rotatable bonds is 23. The van der Waals surface area contributed by atoms with Crippen molar-refractivity contribution in [1.82, 2.24) is 26.7 Å². The van der Waals surface area contributed by atoms with E-state index in [1.54, 1.807) is 13.8 Å². The van der Waals surface area contributed by atoms with E-state index in [-0.39, 0.29) is 18.9 Å². The number of carbonyl (C=O) groups excluding carboxylic acids is 5. The minimum absolute atomic E-state index is 0.202. The zero-order valence-electron chi connectivity index (χ0n) is 25.0. The van der Waals surface area contributed by atoms with Crippen molar-refractivity contribution in [3.63, 3.8) is 0 Å². The fourth-order valence-corrected chi connectivity index (χ4v) is 3.94. The zero-order chi connectivity index (χ0) is 32.4. The molecule has 0 spiro atoms. The van der Waals surface area contributed by atoms with Crippen LogP contribution < -0.4 is 44.0 Å². The Hall–Kier alpha value is -3.02. The molecular weight excluding hydrogens is 552 g/mol. The van der Waals surface area contributed by atoms with E-state index >= 15 is 0 Å². The molecule has 13 N–H and O–H groups in total. The molecule has 0 rings (SSSR count). The van der Waals surface area contributed by atoms with Gasteiger partial charge in [-0.05, 0) is 58.5 Å². The average Bonchev–Trinajstić information content (AvgIpc) is 2.93. The topological polar surface area (TPSA) is 281 Å². The second-order valence-corrected chi connectivity index (χ2v) is 10.5. The van der Waals surface area contributed by atoms with Crippen LogP contribution in [0.1, 0.15) is 66.2 Å². The first-order chi connectivity index (χ1) is 19.7. The van der Waals surface area contributed by atoms with E-state index in [9.17, 15) is 33.9 Å². The third-order valence-corrected chi connectivity index (χ3v) is 6.61. The predicted molar refractivity (Wildman–Crippen MR) is 154 cm³/mol. The molecule has 0 bridgehead atoms. The van der Waals surface area contributed by atoms with E-state index < -0.39 is 71.6 Å². The van der Waals surface area contributed by atoms with Crippen LogP contribution in [0.4, 0.5) is 0 Å². The molecule has 242 valence electrons. The second kappa shape index (κ2) is 20.8. The van der Waals surface area contributed by atoms with Gasteiger partial charge in [0.05, 0.1) is 30.8 Å². The SMILES string of the molecule is CC(C)[C@H](NC(=O)[C@H](CCCCN)NN)C(=O)N[C@@H](C)C(=O)CN[C@@H](CCCCN)C(=O)N[C@H](C(=O)C(=O)O)[C@@H](C)O. The molecule has 16 nitrogen and oxygen atoms in total. The Bertz CT molecular complexity index is 902. The van der Waals surface area contributed by atoms with Gasteiger partial charge in [-0.25, -0.2) is 10.2 Å². The zero-order valence-corrected chi connectivity index (χ0v) is 25.0. The number of nitrogens with one attached hydrogen (secondary N) is 5. The van der Waals surface area contributed by atoms with Crippen molar-refractivity contribution in [2.45, 2.75) is 103 Å². The van der Waals surface area contributed by atoms with Crippen molar-refractivity contribution in [2.75, 3.05) is 19.6 Å². The summed E-state index contributed by atoms with van der Waals surface area (Å²) >= 11 is 0. The maximum atomic E-state index is 13.0. The van der Waals surface area contributed by atoms with Crippen molar-refractivity contribution in [3.8, 4) is 0 Å². The Morgan fingerprint density at radius 1 is 0.714 bits per heavy atom. The summed E-state index contributed by atoms with van der Waals surface area (Å²) < 4.78 is 0. The van der Waals surface area contributed by atoms with Gasteiger partial charge in [-0.1, -0.05) is 26.7 Å². The van der Waals surface area contributed by atoms with Crippen molar-refractivity contribution < 1.29 is 39.0 Å². The smallest absolute Gasteiger partial charge is 0.374 e. The molecule has 0 saturated heterocycles. The van der Waals surface area contributed by atoms with Crippen molar-refractivity contribution >= 4 is 35.3 Å². The molecule has 6 atom stereocenters. The first-order valence-corrected chi connectivity index (χ1v) is 14.2. The maximum absolute atomic E-state index is 13.0. The highest BCUT2D eigenvalue weighted by molar-refractivity contribution is 6.35. The number of aliphatic carboxylic acids is 1. The third kappa shape index (κ3) is 14.2. The monoisotopic (exact) mass is 602 g/mol. The minimum atomic E-state index is -1.81. The van der Waals surface area contributed by atoms with Gasteiger partial charge in [0.25, 0.3) is 5.78 Å². The number of aliphatic hydroxyl groups excluding tert-OH is 1. The lowest BCUT2D eigenvalue weighted by molar-refractivity contribution is -0.152. The van der Waals surface area contributed by atoms with Crippen molar-refractivity contribution in [3.05, 3.63) is 0 Å². The first kappa shape index (κ1) is 39.0. The van der Waals surface area contributed by atoms with E-state index in [1.165, 1.54) is 6.92 Å². The van der Waals surface area contributed by atoms with Crippen LogP contribution in [0.2, 0.25) is 0 Å². The Morgan fingerprint density at radius 3 is 1.67 bits per heavy atom.